The number of anilines is 1. The number of nitrogens with zero attached hydrogens (tertiary/aromatic N) is 6. The van der Waals surface area contributed by atoms with Gasteiger partial charge in [-0.15, -0.1) is 5.10 Å². The second-order valence-electron chi connectivity index (χ2n) is 4.88. The SMILES string of the molecule is COc1ccc(/C=N\NC(=O)c2nnn(-c3nonc3N)c2C)cc1. The number of nitrogen functional groups attached to an aromatic ring is 1. The zero-order valence-corrected chi connectivity index (χ0v) is 13.4. The van der Waals surface area contributed by atoms with Crippen LogP contribution in [0.4, 0.5) is 5.82 Å². The number of nitrogens with two attached hydrogens (primary N) is 1. The second-order valence-corrected chi connectivity index (χ2v) is 4.88. The molecule has 2 aromatic heterocycles. The lowest BCUT2D eigenvalue weighted by Crippen LogP contribution is -2.19. The number of carbonyl (C=O) groups excluding carboxylic acids is 1. The lowest BCUT2D eigenvalue weighted by Gasteiger charge is -2.00. The van der Waals surface area contributed by atoms with Crippen molar-refractivity contribution in [3.63, 3.8) is 0 Å². The molecule has 0 bridgehead atoms. The van der Waals surface area contributed by atoms with Crippen molar-refractivity contribution < 1.29 is 14.2 Å². The molecule has 0 spiro atoms. The van der Waals surface area contributed by atoms with Gasteiger partial charge in [0.15, 0.2) is 5.69 Å². The predicted octanol–water partition coefficient (Wildman–Crippen LogP) is 0.313. The van der Waals surface area contributed by atoms with E-state index in [0.717, 1.165) is 11.3 Å². The first kappa shape index (κ1) is 16.1. The van der Waals surface area contributed by atoms with Gasteiger partial charge < -0.3 is 10.5 Å². The topological polar surface area (TPSA) is 146 Å². The third kappa shape index (κ3) is 3.29. The fourth-order valence-electron chi connectivity index (χ4n) is 1.99. The molecule has 0 unspecified atom stereocenters. The highest BCUT2D eigenvalue weighted by molar-refractivity contribution is 5.94. The van der Waals surface area contributed by atoms with E-state index in [9.17, 15) is 4.79 Å². The van der Waals surface area contributed by atoms with E-state index in [-0.39, 0.29) is 17.3 Å². The van der Waals surface area contributed by atoms with E-state index in [1.807, 2.05) is 0 Å². The maximum Gasteiger partial charge on any atom is 0.293 e. The van der Waals surface area contributed by atoms with Gasteiger partial charge >= 0.3 is 0 Å². The van der Waals surface area contributed by atoms with Gasteiger partial charge in [0.05, 0.1) is 19.0 Å². The van der Waals surface area contributed by atoms with E-state index in [2.05, 4.69) is 35.8 Å². The van der Waals surface area contributed by atoms with Crippen LogP contribution in [-0.2, 0) is 0 Å². The maximum absolute atomic E-state index is 12.2. The minimum atomic E-state index is -0.525. The number of benzene rings is 1. The summed E-state index contributed by atoms with van der Waals surface area (Å²) in [5.74, 6) is 0.404. The Hall–Kier alpha value is -3.76. The van der Waals surface area contributed by atoms with E-state index in [0.29, 0.717) is 5.69 Å². The lowest BCUT2D eigenvalue weighted by molar-refractivity contribution is 0.0949. The quantitative estimate of drug-likeness (QED) is 0.497. The van der Waals surface area contributed by atoms with Crippen molar-refractivity contribution in [3.05, 3.63) is 41.2 Å². The minimum Gasteiger partial charge on any atom is -0.497 e. The van der Waals surface area contributed by atoms with Crippen LogP contribution in [0.5, 0.6) is 5.75 Å². The Morgan fingerprint density at radius 2 is 2.12 bits per heavy atom. The molecule has 0 saturated carbocycles. The molecule has 0 saturated heterocycles. The summed E-state index contributed by atoms with van der Waals surface area (Å²) in [4.78, 5) is 12.2. The van der Waals surface area contributed by atoms with Crippen molar-refractivity contribution in [2.24, 2.45) is 5.10 Å². The molecular weight excluding hydrogens is 328 g/mol. The summed E-state index contributed by atoms with van der Waals surface area (Å²) in [6, 6.07) is 7.18. The van der Waals surface area contributed by atoms with Gasteiger partial charge in [-0.25, -0.2) is 10.1 Å². The summed E-state index contributed by atoms with van der Waals surface area (Å²) in [5.41, 5.74) is 9.27. The average Bonchev–Trinajstić information content (AvgIpc) is 3.20. The summed E-state index contributed by atoms with van der Waals surface area (Å²) < 4.78 is 10.8. The first-order valence-electron chi connectivity index (χ1n) is 7.08. The molecular formula is C14H14N8O3. The van der Waals surface area contributed by atoms with Crippen LogP contribution in [0.1, 0.15) is 21.7 Å². The number of ether oxygens (including phenoxy) is 1. The van der Waals surface area contributed by atoms with Gasteiger partial charge in [-0.1, -0.05) is 5.21 Å². The molecule has 0 atom stereocenters. The highest BCUT2D eigenvalue weighted by Gasteiger charge is 2.20. The van der Waals surface area contributed by atoms with Crippen molar-refractivity contribution in [3.8, 4) is 11.6 Å². The van der Waals surface area contributed by atoms with Crippen LogP contribution >= 0.6 is 0 Å². The molecule has 0 aliphatic rings. The van der Waals surface area contributed by atoms with Crippen LogP contribution < -0.4 is 15.9 Å². The number of rotatable bonds is 5. The Kier molecular flexibility index (Phi) is 4.37. The number of hydrogen-bond acceptors (Lipinski definition) is 9. The van der Waals surface area contributed by atoms with E-state index < -0.39 is 5.91 Å². The van der Waals surface area contributed by atoms with E-state index in [1.54, 1.807) is 38.3 Å². The van der Waals surface area contributed by atoms with Crippen molar-refractivity contribution >= 4 is 17.9 Å². The van der Waals surface area contributed by atoms with Gasteiger partial charge in [0.2, 0.25) is 11.6 Å². The fraction of sp³-hybridized carbons (Fsp3) is 0.143. The fourth-order valence-corrected chi connectivity index (χ4v) is 1.99. The van der Waals surface area contributed by atoms with Crippen LogP contribution in [0.15, 0.2) is 34.0 Å². The molecule has 3 rings (SSSR count). The van der Waals surface area contributed by atoms with Crippen molar-refractivity contribution in [2.75, 3.05) is 12.8 Å². The average molecular weight is 342 g/mol. The lowest BCUT2D eigenvalue weighted by atomic mass is 10.2. The Labute approximate surface area is 141 Å². The number of aromatic nitrogens is 5. The van der Waals surface area contributed by atoms with Crippen molar-refractivity contribution in [1.29, 1.82) is 0 Å². The number of nitrogens with one attached hydrogen (secondary N) is 1. The number of hydrazone groups is 1. The van der Waals surface area contributed by atoms with Gasteiger partial charge in [-0.3, -0.25) is 4.79 Å². The summed E-state index contributed by atoms with van der Waals surface area (Å²) >= 11 is 0. The Bertz CT molecular complexity index is 913. The van der Waals surface area contributed by atoms with E-state index >= 15 is 0 Å². The first-order chi connectivity index (χ1) is 12.1. The van der Waals surface area contributed by atoms with Crippen LogP contribution in [0, 0.1) is 6.92 Å². The van der Waals surface area contributed by atoms with Gasteiger partial charge in [-0.05, 0) is 47.1 Å². The minimum absolute atomic E-state index is 0.0393. The molecule has 3 N–H and O–H groups in total. The van der Waals surface area contributed by atoms with Gasteiger partial charge in [0.1, 0.15) is 5.75 Å². The number of hydrogen-bond donors (Lipinski definition) is 2. The zero-order valence-electron chi connectivity index (χ0n) is 13.4. The summed E-state index contributed by atoms with van der Waals surface area (Å²) in [6.07, 6.45) is 1.50. The number of methoxy groups -OCH3 is 1. The molecule has 128 valence electrons. The molecule has 11 heteroatoms. The molecule has 11 nitrogen and oxygen atoms in total. The standard InChI is InChI=1S/C14H14N8O3/c1-8-11(17-21-22(8)13-12(15)19-25-20-13)14(23)18-16-7-9-3-5-10(24-2)6-4-9/h3-7H,1-2H3,(H2,15,19)(H,18,23)/b16-7-. The van der Waals surface area contributed by atoms with Gasteiger partial charge in [-0.2, -0.15) is 9.78 Å². The normalized spacial score (nSPS) is 11.0. The van der Waals surface area contributed by atoms with Crippen LogP contribution in [0.2, 0.25) is 0 Å². The summed E-state index contributed by atoms with van der Waals surface area (Å²) in [7, 11) is 1.58. The Balaban J connectivity index is 1.70. The third-order valence-corrected chi connectivity index (χ3v) is 3.30. The predicted molar refractivity (Wildman–Crippen MR) is 86.4 cm³/mol. The summed E-state index contributed by atoms with van der Waals surface area (Å²) in [6.45, 7) is 1.64. The number of amides is 1. The van der Waals surface area contributed by atoms with Gasteiger partial charge in [0, 0.05) is 0 Å². The highest BCUT2D eigenvalue weighted by atomic mass is 16.6. The van der Waals surface area contributed by atoms with Crippen molar-refractivity contribution in [1.82, 2.24) is 30.7 Å². The van der Waals surface area contributed by atoms with E-state index in [1.165, 1.54) is 10.9 Å². The van der Waals surface area contributed by atoms with Gasteiger partial charge in [0.25, 0.3) is 5.91 Å². The molecule has 1 amide bonds. The smallest absolute Gasteiger partial charge is 0.293 e. The molecule has 0 fully saturated rings. The third-order valence-electron chi connectivity index (χ3n) is 3.30. The second kappa shape index (κ2) is 6.78. The molecule has 2 heterocycles. The highest BCUT2D eigenvalue weighted by Crippen LogP contribution is 2.14. The van der Waals surface area contributed by atoms with Crippen LogP contribution in [-0.4, -0.2) is 44.5 Å². The van der Waals surface area contributed by atoms with E-state index in [4.69, 9.17) is 10.5 Å². The monoisotopic (exact) mass is 342 g/mol. The molecule has 0 radical (unpaired) electrons. The molecule has 0 aliphatic heterocycles. The van der Waals surface area contributed by atoms with Crippen molar-refractivity contribution in [2.45, 2.75) is 6.92 Å². The molecule has 1 aromatic carbocycles. The Morgan fingerprint density at radius 3 is 2.76 bits per heavy atom. The Morgan fingerprint density at radius 1 is 1.36 bits per heavy atom. The largest absolute Gasteiger partial charge is 0.497 e. The molecule has 0 aliphatic carbocycles. The van der Waals surface area contributed by atoms with Crippen LogP contribution in [0.25, 0.3) is 5.82 Å². The molecule has 3 aromatic rings. The maximum atomic E-state index is 12.2. The first-order valence-corrected chi connectivity index (χ1v) is 7.08. The van der Waals surface area contributed by atoms with Crippen LogP contribution in [0.3, 0.4) is 0 Å². The number of carbonyl (C=O) groups is 1. The molecule has 25 heavy (non-hydrogen) atoms. The zero-order chi connectivity index (χ0) is 17.8. The summed E-state index contributed by atoms with van der Waals surface area (Å²) in [5, 5.41) is 18.6.